The third kappa shape index (κ3) is 2.74. The number of hydrogen-bond acceptors (Lipinski definition) is 4. The molecule has 6 nitrogen and oxygen atoms in total. The fourth-order valence-corrected chi connectivity index (χ4v) is 1.91. The number of carboxylic acids is 1. The maximum Gasteiger partial charge on any atom is 0.354 e. The minimum absolute atomic E-state index is 0.127. The molecule has 0 fully saturated rings. The fraction of sp³-hybridized carbons (Fsp3) is 0.286. The average Bonchev–Trinajstić information content (AvgIpc) is 2.88. The Balaban J connectivity index is 2.19. The molecule has 0 spiro atoms. The number of benzene rings is 1. The molecule has 0 radical (unpaired) electrons. The molecule has 0 bridgehead atoms. The summed E-state index contributed by atoms with van der Waals surface area (Å²) in [5.41, 5.74) is 0.688. The van der Waals surface area contributed by atoms with Crippen LogP contribution in [0.2, 0.25) is 0 Å². The molecule has 1 aromatic carbocycles. The average molecular weight is 276 g/mol. The number of hydrogen-bond donors (Lipinski definition) is 1. The smallest absolute Gasteiger partial charge is 0.354 e. The normalized spacial score (nSPS) is 10.3. The maximum atomic E-state index is 11.3. The number of para-hydroxylation sites is 2. The van der Waals surface area contributed by atoms with Crippen LogP contribution in [-0.2, 0) is 13.2 Å². The molecule has 20 heavy (non-hydrogen) atoms. The summed E-state index contributed by atoms with van der Waals surface area (Å²) in [5.74, 6) is 0.158. The first-order valence-electron chi connectivity index (χ1n) is 6.21. The number of carboxylic acid groups (broad SMARTS) is 1. The molecular formula is C14H16N2O4. The zero-order valence-electron chi connectivity index (χ0n) is 11.4. The molecule has 0 aliphatic rings. The van der Waals surface area contributed by atoms with Crippen LogP contribution >= 0.6 is 0 Å². The summed E-state index contributed by atoms with van der Waals surface area (Å²) in [7, 11) is 1.56. The van der Waals surface area contributed by atoms with Gasteiger partial charge in [-0.25, -0.2) is 4.79 Å². The van der Waals surface area contributed by atoms with Crippen molar-refractivity contribution in [3.8, 4) is 11.5 Å². The van der Waals surface area contributed by atoms with E-state index in [9.17, 15) is 9.90 Å². The molecule has 1 aromatic heterocycles. The molecule has 0 saturated carbocycles. The minimum Gasteiger partial charge on any atom is -0.493 e. The predicted molar refractivity (Wildman–Crippen MR) is 72.2 cm³/mol. The van der Waals surface area contributed by atoms with E-state index in [-0.39, 0.29) is 12.3 Å². The number of ether oxygens (including phenoxy) is 2. The fourth-order valence-electron chi connectivity index (χ4n) is 1.91. The number of rotatable bonds is 6. The zero-order chi connectivity index (χ0) is 14.5. The van der Waals surface area contributed by atoms with Crippen molar-refractivity contribution in [1.82, 2.24) is 9.78 Å². The number of methoxy groups -OCH3 is 1. The third-order valence-corrected chi connectivity index (χ3v) is 2.87. The van der Waals surface area contributed by atoms with Gasteiger partial charge in [0.2, 0.25) is 0 Å². The Morgan fingerprint density at radius 2 is 2.05 bits per heavy atom. The van der Waals surface area contributed by atoms with Crippen molar-refractivity contribution in [2.24, 2.45) is 0 Å². The summed E-state index contributed by atoms with van der Waals surface area (Å²) in [5, 5.41) is 13.3. The van der Waals surface area contributed by atoms with Crippen LogP contribution in [0.4, 0.5) is 0 Å². The molecule has 106 valence electrons. The molecule has 0 aliphatic carbocycles. The van der Waals surface area contributed by atoms with E-state index in [1.807, 2.05) is 19.1 Å². The van der Waals surface area contributed by atoms with E-state index in [4.69, 9.17) is 9.47 Å². The zero-order valence-corrected chi connectivity index (χ0v) is 11.4. The highest BCUT2D eigenvalue weighted by atomic mass is 16.5. The van der Waals surface area contributed by atoms with Gasteiger partial charge in [-0.1, -0.05) is 12.1 Å². The molecule has 0 atom stereocenters. The maximum absolute atomic E-state index is 11.3. The Bertz CT molecular complexity index is 607. The lowest BCUT2D eigenvalue weighted by atomic mass is 10.2. The summed E-state index contributed by atoms with van der Waals surface area (Å²) in [6.45, 7) is 2.46. The van der Waals surface area contributed by atoms with Crippen LogP contribution in [0, 0.1) is 0 Å². The van der Waals surface area contributed by atoms with Crippen LogP contribution in [0.3, 0.4) is 0 Å². The van der Waals surface area contributed by atoms with E-state index in [1.54, 1.807) is 19.2 Å². The minimum atomic E-state index is -1.01. The van der Waals surface area contributed by atoms with Crippen molar-refractivity contribution in [2.45, 2.75) is 20.1 Å². The van der Waals surface area contributed by atoms with Gasteiger partial charge in [-0.05, 0) is 19.1 Å². The van der Waals surface area contributed by atoms with Crippen molar-refractivity contribution in [3.63, 3.8) is 0 Å². The van der Waals surface area contributed by atoms with Crippen molar-refractivity contribution in [1.29, 1.82) is 0 Å². The summed E-state index contributed by atoms with van der Waals surface area (Å²) in [4.78, 5) is 11.3. The van der Waals surface area contributed by atoms with Gasteiger partial charge in [0.25, 0.3) is 0 Å². The van der Waals surface area contributed by atoms with Crippen LogP contribution in [0.1, 0.15) is 23.0 Å². The third-order valence-electron chi connectivity index (χ3n) is 2.87. The summed E-state index contributed by atoms with van der Waals surface area (Å²) < 4.78 is 12.2. The van der Waals surface area contributed by atoms with E-state index in [0.717, 1.165) is 0 Å². The van der Waals surface area contributed by atoms with Gasteiger partial charge < -0.3 is 14.6 Å². The molecule has 1 heterocycles. The van der Waals surface area contributed by atoms with E-state index in [1.165, 1.54) is 10.9 Å². The van der Waals surface area contributed by atoms with Crippen molar-refractivity contribution >= 4 is 5.97 Å². The van der Waals surface area contributed by atoms with Crippen LogP contribution in [0.25, 0.3) is 0 Å². The van der Waals surface area contributed by atoms with Crippen molar-refractivity contribution in [2.75, 3.05) is 7.11 Å². The number of aromatic nitrogens is 2. The van der Waals surface area contributed by atoms with Gasteiger partial charge in [-0.15, -0.1) is 0 Å². The van der Waals surface area contributed by atoms with E-state index in [2.05, 4.69) is 5.10 Å². The lowest BCUT2D eigenvalue weighted by molar-refractivity contribution is 0.0680. The van der Waals surface area contributed by atoms with E-state index in [0.29, 0.717) is 23.6 Å². The van der Waals surface area contributed by atoms with Crippen molar-refractivity contribution < 1.29 is 19.4 Å². The first-order valence-corrected chi connectivity index (χ1v) is 6.21. The highest BCUT2D eigenvalue weighted by Gasteiger charge is 2.17. The van der Waals surface area contributed by atoms with Crippen LogP contribution in [-0.4, -0.2) is 28.0 Å². The van der Waals surface area contributed by atoms with Gasteiger partial charge in [0.1, 0.15) is 6.61 Å². The molecule has 2 rings (SSSR count). The largest absolute Gasteiger partial charge is 0.493 e. The van der Waals surface area contributed by atoms with Gasteiger partial charge in [-0.2, -0.15) is 5.10 Å². The first kappa shape index (κ1) is 13.9. The Labute approximate surface area is 116 Å². The SMILES string of the molecule is CCn1ncc(COc2ccccc2OC)c1C(=O)O. The summed E-state index contributed by atoms with van der Waals surface area (Å²) >= 11 is 0. The number of aryl methyl sites for hydroxylation is 1. The van der Waals surface area contributed by atoms with Gasteiger partial charge in [0, 0.05) is 12.1 Å². The standard InChI is InChI=1S/C14H16N2O4/c1-3-16-13(14(17)18)10(8-15-16)9-20-12-7-5-4-6-11(12)19-2/h4-8H,3,9H2,1-2H3,(H,17,18). The lowest BCUT2D eigenvalue weighted by Gasteiger charge is -2.10. The Kier molecular flexibility index (Phi) is 4.24. The Hall–Kier alpha value is -2.50. The molecule has 0 unspecified atom stereocenters. The summed E-state index contributed by atoms with van der Waals surface area (Å²) in [6, 6.07) is 7.21. The number of carbonyl (C=O) groups is 1. The Morgan fingerprint density at radius 3 is 2.65 bits per heavy atom. The lowest BCUT2D eigenvalue weighted by Crippen LogP contribution is -2.11. The van der Waals surface area contributed by atoms with Crippen LogP contribution < -0.4 is 9.47 Å². The van der Waals surface area contributed by atoms with Crippen LogP contribution in [0.5, 0.6) is 11.5 Å². The molecule has 2 aromatic rings. The second kappa shape index (κ2) is 6.10. The van der Waals surface area contributed by atoms with E-state index < -0.39 is 5.97 Å². The molecular weight excluding hydrogens is 260 g/mol. The highest BCUT2D eigenvalue weighted by Crippen LogP contribution is 2.27. The monoisotopic (exact) mass is 276 g/mol. The topological polar surface area (TPSA) is 73.6 Å². The van der Waals surface area contributed by atoms with Gasteiger partial charge >= 0.3 is 5.97 Å². The highest BCUT2D eigenvalue weighted by molar-refractivity contribution is 5.87. The quantitative estimate of drug-likeness (QED) is 0.875. The summed E-state index contributed by atoms with van der Waals surface area (Å²) in [6.07, 6.45) is 1.52. The second-order valence-corrected chi connectivity index (χ2v) is 4.08. The molecule has 0 saturated heterocycles. The molecule has 1 N–H and O–H groups in total. The van der Waals surface area contributed by atoms with Gasteiger partial charge in [0.05, 0.1) is 13.3 Å². The van der Waals surface area contributed by atoms with Gasteiger partial charge in [0.15, 0.2) is 17.2 Å². The first-order chi connectivity index (χ1) is 9.67. The molecule has 0 amide bonds. The number of aromatic carboxylic acids is 1. The molecule has 0 aliphatic heterocycles. The number of nitrogens with zero attached hydrogens (tertiary/aromatic N) is 2. The van der Waals surface area contributed by atoms with Crippen molar-refractivity contribution in [3.05, 3.63) is 41.7 Å². The van der Waals surface area contributed by atoms with Crippen LogP contribution in [0.15, 0.2) is 30.5 Å². The second-order valence-electron chi connectivity index (χ2n) is 4.08. The predicted octanol–water partition coefficient (Wildman–Crippen LogP) is 2.19. The van der Waals surface area contributed by atoms with Gasteiger partial charge in [-0.3, -0.25) is 4.68 Å². The molecule has 6 heteroatoms. The Morgan fingerprint density at radius 1 is 1.35 bits per heavy atom. The van der Waals surface area contributed by atoms with E-state index >= 15 is 0 Å².